The summed E-state index contributed by atoms with van der Waals surface area (Å²) in [6, 6.07) is 0. The minimum atomic E-state index is -2.26. The van der Waals surface area contributed by atoms with Gasteiger partial charge in [-0.25, -0.2) is 17.6 Å². The molecule has 50 heavy (non-hydrogen) atoms. The van der Waals surface area contributed by atoms with E-state index in [4.69, 9.17) is 24.1 Å². The van der Waals surface area contributed by atoms with E-state index in [-0.39, 0.29) is 25.6 Å². The average molecular weight is 731 g/mol. The summed E-state index contributed by atoms with van der Waals surface area (Å²) in [6.45, 7) is 10.1. The summed E-state index contributed by atoms with van der Waals surface area (Å²) in [7, 11) is 0. The summed E-state index contributed by atoms with van der Waals surface area (Å²) >= 11 is 0. The fourth-order valence-corrected chi connectivity index (χ4v) is 4.85. The number of ether oxygens (including phenoxy) is 4. The molecule has 0 radical (unpaired) electrons. The van der Waals surface area contributed by atoms with Crippen LogP contribution in [-0.4, -0.2) is 43.9 Å². The van der Waals surface area contributed by atoms with Crippen molar-refractivity contribution < 1.29 is 59.2 Å². The molecule has 0 heterocycles. The molecule has 0 saturated carbocycles. The Balaban J connectivity index is 0.00000232. The van der Waals surface area contributed by atoms with Crippen LogP contribution in [-0.2, 0) is 9.47 Å². The largest absolute Gasteiger partial charge is 0.487 e. The van der Waals surface area contributed by atoms with Gasteiger partial charge in [-0.1, -0.05) is 71.6 Å². The lowest BCUT2D eigenvalue weighted by atomic mass is 10.0. The van der Waals surface area contributed by atoms with E-state index in [0.29, 0.717) is 38.9 Å². The normalized spacial score (nSPS) is 11.9. The van der Waals surface area contributed by atoms with Crippen LogP contribution < -0.4 is 9.47 Å². The van der Waals surface area contributed by atoms with Crippen LogP contribution in [0.4, 0.5) is 35.1 Å². The zero-order chi connectivity index (χ0) is 37.6. The van der Waals surface area contributed by atoms with Gasteiger partial charge >= 0.3 is 0 Å². The van der Waals surface area contributed by atoms with Crippen molar-refractivity contribution in [2.24, 2.45) is 0 Å². The zero-order valence-electron chi connectivity index (χ0n) is 30.0. The van der Waals surface area contributed by atoms with Crippen LogP contribution in [0.3, 0.4) is 0 Å². The molecule has 0 bridgehead atoms. The molecular formula is C37H54F8O5. The van der Waals surface area contributed by atoms with Crippen molar-refractivity contribution in [3.05, 3.63) is 46.5 Å². The molecule has 0 amide bonds. The molecule has 2 aromatic rings. The van der Waals surface area contributed by atoms with E-state index in [1.165, 1.54) is 0 Å². The van der Waals surface area contributed by atoms with Gasteiger partial charge in [0.2, 0.25) is 23.3 Å². The van der Waals surface area contributed by atoms with Gasteiger partial charge in [0.05, 0.1) is 30.4 Å². The van der Waals surface area contributed by atoms with Crippen molar-refractivity contribution in [2.75, 3.05) is 26.4 Å². The molecule has 0 aliphatic carbocycles. The predicted octanol–water partition coefficient (Wildman–Crippen LogP) is 11.5. The third kappa shape index (κ3) is 14.5. The Labute approximate surface area is 291 Å². The molecule has 0 spiro atoms. The standard InChI is InChI=1S/C33H44F8O4.C4H10O/c1-4-7-8-16-19-44-32-28(38)24(34)22(25(35)29(32)39)23-26(36)30(40)33(31(41)27(23)37)45-20-17-14-12-10-9-11-13-15-18-21(42-5-2)43-6-3;1-3-4(2)5/h21H,4-20H2,1-3H3;4-5H,3H2,1-2H3. The van der Waals surface area contributed by atoms with Gasteiger partial charge in [-0.15, -0.1) is 0 Å². The summed E-state index contributed by atoms with van der Waals surface area (Å²) in [6.07, 6.45) is 10.6. The molecule has 1 N–H and O–H groups in total. The Bertz CT molecular complexity index is 1200. The number of aliphatic hydroxyl groups is 1. The number of benzene rings is 2. The van der Waals surface area contributed by atoms with Crippen LogP contribution in [0.2, 0.25) is 0 Å². The van der Waals surface area contributed by atoms with Crippen LogP contribution in [0.1, 0.15) is 125 Å². The van der Waals surface area contributed by atoms with Gasteiger partial charge in [-0.05, 0) is 52.9 Å². The highest BCUT2D eigenvalue weighted by Gasteiger charge is 2.35. The lowest BCUT2D eigenvalue weighted by Gasteiger charge is -2.16. The first kappa shape index (κ1) is 45.4. The predicted molar refractivity (Wildman–Crippen MR) is 177 cm³/mol. The lowest BCUT2D eigenvalue weighted by molar-refractivity contribution is -0.140. The van der Waals surface area contributed by atoms with Crippen molar-refractivity contribution in [1.82, 2.24) is 0 Å². The van der Waals surface area contributed by atoms with Gasteiger partial charge in [0.1, 0.15) is 0 Å². The fraction of sp³-hybridized carbons (Fsp3) is 0.676. The van der Waals surface area contributed by atoms with Gasteiger partial charge in [-0.3, -0.25) is 0 Å². The second-order valence-electron chi connectivity index (χ2n) is 11.9. The number of halogens is 8. The third-order valence-electron chi connectivity index (χ3n) is 7.82. The van der Waals surface area contributed by atoms with Crippen molar-refractivity contribution >= 4 is 0 Å². The van der Waals surface area contributed by atoms with E-state index in [0.717, 1.165) is 64.2 Å². The molecule has 2 rings (SSSR count). The topological polar surface area (TPSA) is 57.2 Å². The maximum atomic E-state index is 14.9. The maximum absolute atomic E-state index is 14.9. The SMILES string of the molecule is CCC(C)O.CCCCCCOc1c(F)c(F)c(-c2c(F)c(F)c(OCCCCCCCCCCC(OCC)OCC)c(F)c2F)c(F)c1F. The number of unbranched alkanes of at least 4 members (excludes halogenated alkanes) is 10. The minimum absolute atomic E-state index is 0.116. The number of rotatable bonds is 24. The first-order valence-electron chi connectivity index (χ1n) is 17.8. The first-order chi connectivity index (χ1) is 23.9. The molecule has 0 aliphatic rings. The second-order valence-corrected chi connectivity index (χ2v) is 11.9. The quantitative estimate of drug-likeness (QED) is 0.0504. The summed E-state index contributed by atoms with van der Waals surface area (Å²) in [5, 5.41) is 8.36. The van der Waals surface area contributed by atoms with E-state index >= 15 is 0 Å². The molecule has 0 fully saturated rings. The molecule has 288 valence electrons. The Morgan fingerprint density at radius 1 is 0.480 bits per heavy atom. The number of aliphatic hydroxyl groups excluding tert-OH is 1. The van der Waals surface area contributed by atoms with E-state index in [1.807, 2.05) is 27.7 Å². The summed E-state index contributed by atoms with van der Waals surface area (Å²) in [5.41, 5.74) is -3.88. The molecule has 5 nitrogen and oxygen atoms in total. The summed E-state index contributed by atoms with van der Waals surface area (Å²) in [5.74, 6) is -20.3. The van der Waals surface area contributed by atoms with Gasteiger partial charge < -0.3 is 24.1 Å². The van der Waals surface area contributed by atoms with Crippen LogP contribution in [0.25, 0.3) is 11.1 Å². The second kappa shape index (κ2) is 25.3. The van der Waals surface area contributed by atoms with Crippen molar-refractivity contribution in [2.45, 2.75) is 137 Å². The summed E-state index contributed by atoms with van der Waals surface area (Å²) in [4.78, 5) is 0. The van der Waals surface area contributed by atoms with Crippen LogP contribution in [0.15, 0.2) is 0 Å². The Hall–Kier alpha value is -2.64. The van der Waals surface area contributed by atoms with E-state index in [1.54, 1.807) is 6.92 Å². The molecule has 1 unspecified atom stereocenters. The number of hydrogen-bond acceptors (Lipinski definition) is 5. The van der Waals surface area contributed by atoms with Crippen LogP contribution >= 0.6 is 0 Å². The average Bonchev–Trinajstić information content (AvgIpc) is 3.09. The molecule has 0 aliphatic heterocycles. The van der Waals surface area contributed by atoms with Crippen molar-refractivity contribution in [3.63, 3.8) is 0 Å². The van der Waals surface area contributed by atoms with E-state index in [9.17, 15) is 35.1 Å². The first-order valence-corrected chi connectivity index (χ1v) is 17.8. The molecule has 1 atom stereocenters. The monoisotopic (exact) mass is 730 g/mol. The molecule has 0 saturated heterocycles. The fourth-order valence-electron chi connectivity index (χ4n) is 4.85. The molecule has 0 aromatic heterocycles. The highest BCUT2D eigenvalue weighted by atomic mass is 19.2. The van der Waals surface area contributed by atoms with Gasteiger partial charge in [-0.2, -0.15) is 17.6 Å². The smallest absolute Gasteiger partial charge is 0.204 e. The van der Waals surface area contributed by atoms with E-state index < -0.39 is 69.2 Å². The Kier molecular flexibility index (Phi) is 23.0. The van der Waals surface area contributed by atoms with Crippen molar-refractivity contribution in [3.8, 4) is 22.6 Å². The van der Waals surface area contributed by atoms with Crippen LogP contribution in [0, 0.1) is 46.5 Å². The highest BCUT2D eigenvalue weighted by Crippen LogP contribution is 2.41. The Morgan fingerprint density at radius 3 is 1.12 bits per heavy atom. The van der Waals surface area contributed by atoms with E-state index in [2.05, 4.69) is 0 Å². The van der Waals surface area contributed by atoms with Gasteiger partial charge in [0, 0.05) is 13.2 Å². The molecule has 2 aromatic carbocycles. The minimum Gasteiger partial charge on any atom is -0.487 e. The highest BCUT2D eigenvalue weighted by molar-refractivity contribution is 5.69. The third-order valence-corrected chi connectivity index (χ3v) is 7.82. The maximum Gasteiger partial charge on any atom is 0.204 e. The summed E-state index contributed by atoms with van der Waals surface area (Å²) < 4.78 is 139. The van der Waals surface area contributed by atoms with Crippen LogP contribution in [0.5, 0.6) is 11.5 Å². The van der Waals surface area contributed by atoms with Crippen molar-refractivity contribution in [1.29, 1.82) is 0 Å². The van der Waals surface area contributed by atoms with Gasteiger partial charge in [0.15, 0.2) is 41.1 Å². The zero-order valence-corrected chi connectivity index (χ0v) is 30.0. The lowest BCUT2D eigenvalue weighted by Crippen LogP contribution is -2.17. The Morgan fingerprint density at radius 2 is 0.800 bits per heavy atom. The molecule has 13 heteroatoms. The van der Waals surface area contributed by atoms with Gasteiger partial charge in [0.25, 0.3) is 0 Å². The number of hydrogen-bond donors (Lipinski definition) is 1. The molecular weight excluding hydrogens is 676 g/mol.